The molecule has 0 unspecified atom stereocenters. The van der Waals surface area contributed by atoms with Crippen LogP contribution in [0.4, 0.5) is 0 Å². The van der Waals surface area contributed by atoms with Gasteiger partial charge in [-0.15, -0.1) is 0 Å². The van der Waals surface area contributed by atoms with Gasteiger partial charge in [0, 0.05) is 31.7 Å². The van der Waals surface area contributed by atoms with Crippen molar-refractivity contribution in [2.75, 3.05) is 32.7 Å². The van der Waals surface area contributed by atoms with Crippen LogP contribution in [-0.4, -0.2) is 61.8 Å². The van der Waals surface area contributed by atoms with E-state index < -0.39 is 10.0 Å². The average molecular weight is 388 g/mol. The molecule has 1 heterocycles. The maximum absolute atomic E-state index is 12.7. The summed E-state index contributed by atoms with van der Waals surface area (Å²) >= 11 is 6.03. The molecule has 1 amide bonds. The number of nitrogens with one attached hydrogen (secondary N) is 1. The highest BCUT2D eigenvalue weighted by atomic mass is 35.5. The van der Waals surface area contributed by atoms with Crippen LogP contribution in [0.3, 0.4) is 0 Å². The molecule has 0 radical (unpaired) electrons. The maximum atomic E-state index is 12.7. The third-order valence-electron chi connectivity index (χ3n) is 4.51. The van der Waals surface area contributed by atoms with Gasteiger partial charge in [-0.3, -0.25) is 9.69 Å². The highest BCUT2D eigenvalue weighted by molar-refractivity contribution is 7.89. The van der Waals surface area contributed by atoms with Gasteiger partial charge in [0.25, 0.3) is 0 Å². The zero-order chi connectivity index (χ0) is 18.7. The van der Waals surface area contributed by atoms with Crippen molar-refractivity contribution in [3.8, 4) is 0 Å². The zero-order valence-electron chi connectivity index (χ0n) is 15.0. The number of piperazine rings is 1. The lowest BCUT2D eigenvalue weighted by Crippen LogP contribution is -2.53. The van der Waals surface area contributed by atoms with Crippen LogP contribution in [0, 0.1) is 0 Å². The molecule has 0 spiro atoms. The number of halogens is 1. The Labute approximate surface area is 155 Å². The van der Waals surface area contributed by atoms with E-state index in [1.54, 1.807) is 18.2 Å². The summed E-state index contributed by atoms with van der Waals surface area (Å²) in [5.74, 6) is -0.0331. The molecule has 1 aliphatic heterocycles. The first-order valence-corrected chi connectivity index (χ1v) is 10.3. The fraction of sp³-hybridized carbons (Fsp3) is 0.588. The van der Waals surface area contributed by atoms with Crippen molar-refractivity contribution in [3.05, 3.63) is 29.3 Å². The molecule has 0 atom stereocenters. The minimum absolute atomic E-state index is 0.0331. The molecule has 1 aromatic rings. The summed E-state index contributed by atoms with van der Waals surface area (Å²) in [7, 11) is -3.60. The minimum atomic E-state index is -3.60. The molecule has 6 nitrogen and oxygen atoms in total. The van der Waals surface area contributed by atoms with Crippen molar-refractivity contribution in [1.29, 1.82) is 0 Å². The first kappa shape index (κ1) is 20.2. The largest absolute Gasteiger partial charge is 0.350 e. The molecule has 0 aromatic heterocycles. The number of benzene rings is 1. The van der Waals surface area contributed by atoms with Crippen molar-refractivity contribution in [2.24, 2.45) is 0 Å². The second-order valence-corrected chi connectivity index (χ2v) is 9.21. The standard InChI is InChI=1S/C17H26ClN3O3S/c1-4-17(2,3)19-16(22)13-20-9-11-21(12-10-20)25(23,24)15-8-6-5-7-14(15)18/h5-8H,4,9-13H2,1-3H3,(H,19,22). The third-order valence-corrected chi connectivity index (χ3v) is 6.91. The Morgan fingerprint density at radius 2 is 1.80 bits per heavy atom. The number of sulfonamides is 1. The van der Waals surface area contributed by atoms with Crippen molar-refractivity contribution in [3.63, 3.8) is 0 Å². The van der Waals surface area contributed by atoms with E-state index in [1.165, 1.54) is 10.4 Å². The molecular formula is C17H26ClN3O3S. The Kier molecular flexibility index (Phi) is 6.48. The monoisotopic (exact) mass is 387 g/mol. The summed E-state index contributed by atoms with van der Waals surface area (Å²) in [6.45, 7) is 8.00. The van der Waals surface area contributed by atoms with Crippen LogP contribution in [0.2, 0.25) is 5.02 Å². The lowest BCUT2D eigenvalue weighted by molar-refractivity contribution is -0.124. The zero-order valence-corrected chi connectivity index (χ0v) is 16.5. The van der Waals surface area contributed by atoms with Gasteiger partial charge in [0.05, 0.1) is 11.6 Å². The Morgan fingerprint density at radius 3 is 2.36 bits per heavy atom. The molecule has 1 saturated heterocycles. The van der Waals surface area contributed by atoms with Gasteiger partial charge in [-0.2, -0.15) is 4.31 Å². The van der Waals surface area contributed by atoms with Crippen LogP contribution in [0.1, 0.15) is 27.2 Å². The Hall–Kier alpha value is -1.15. The molecule has 140 valence electrons. The molecule has 0 aliphatic carbocycles. The molecule has 1 aromatic carbocycles. The highest BCUT2D eigenvalue weighted by Gasteiger charge is 2.30. The summed E-state index contributed by atoms with van der Waals surface area (Å²) in [6.07, 6.45) is 0.850. The van der Waals surface area contributed by atoms with Gasteiger partial charge >= 0.3 is 0 Å². The van der Waals surface area contributed by atoms with Crippen molar-refractivity contribution < 1.29 is 13.2 Å². The number of carbonyl (C=O) groups is 1. The number of nitrogens with zero attached hydrogens (tertiary/aromatic N) is 2. The van der Waals surface area contributed by atoms with E-state index in [0.717, 1.165) is 6.42 Å². The fourth-order valence-electron chi connectivity index (χ4n) is 2.63. The number of carbonyl (C=O) groups excluding carboxylic acids is 1. The average Bonchev–Trinajstić information content (AvgIpc) is 2.55. The highest BCUT2D eigenvalue weighted by Crippen LogP contribution is 2.24. The fourth-order valence-corrected chi connectivity index (χ4v) is 4.54. The molecule has 0 saturated carbocycles. The topological polar surface area (TPSA) is 69.7 Å². The first-order valence-electron chi connectivity index (χ1n) is 8.44. The Bertz CT molecular complexity index is 714. The van der Waals surface area contributed by atoms with Gasteiger partial charge in [0.15, 0.2) is 0 Å². The molecule has 2 rings (SSSR count). The van der Waals surface area contributed by atoms with E-state index in [2.05, 4.69) is 5.32 Å². The maximum Gasteiger partial charge on any atom is 0.244 e. The van der Waals surface area contributed by atoms with Crippen LogP contribution < -0.4 is 5.32 Å². The van der Waals surface area contributed by atoms with Gasteiger partial charge < -0.3 is 5.32 Å². The normalized spacial score (nSPS) is 17.4. The van der Waals surface area contributed by atoms with E-state index in [1.807, 2.05) is 25.7 Å². The molecule has 1 aliphatic rings. The molecular weight excluding hydrogens is 362 g/mol. The molecule has 25 heavy (non-hydrogen) atoms. The number of hydrogen-bond donors (Lipinski definition) is 1. The van der Waals surface area contributed by atoms with Crippen LogP contribution in [0.25, 0.3) is 0 Å². The van der Waals surface area contributed by atoms with Gasteiger partial charge in [0.1, 0.15) is 4.90 Å². The summed E-state index contributed by atoms with van der Waals surface area (Å²) in [6, 6.07) is 6.46. The van der Waals surface area contributed by atoms with E-state index >= 15 is 0 Å². The lowest BCUT2D eigenvalue weighted by atomic mass is 10.0. The van der Waals surface area contributed by atoms with E-state index in [-0.39, 0.29) is 27.9 Å². The summed E-state index contributed by atoms with van der Waals surface area (Å²) in [5, 5.41) is 3.23. The quantitative estimate of drug-likeness (QED) is 0.810. The second kappa shape index (κ2) is 8.03. The SMILES string of the molecule is CCC(C)(C)NC(=O)CN1CCN(S(=O)(=O)c2ccccc2Cl)CC1. The van der Waals surface area contributed by atoms with E-state index in [9.17, 15) is 13.2 Å². The Morgan fingerprint density at radius 1 is 1.20 bits per heavy atom. The summed E-state index contributed by atoms with van der Waals surface area (Å²) in [4.78, 5) is 14.2. The van der Waals surface area contributed by atoms with Gasteiger partial charge in [0.2, 0.25) is 15.9 Å². The lowest BCUT2D eigenvalue weighted by Gasteiger charge is -2.34. The Balaban J connectivity index is 1.94. The third kappa shape index (κ3) is 5.17. The van der Waals surface area contributed by atoms with Gasteiger partial charge in [-0.25, -0.2) is 8.42 Å². The number of hydrogen-bond acceptors (Lipinski definition) is 4. The van der Waals surface area contributed by atoms with Crippen molar-refractivity contribution >= 4 is 27.5 Å². The van der Waals surface area contributed by atoms with Crippen molar-refractivity contribution in [2.45, 2.75) is 37.6 Å². The summed E-state index contributed by atoms with van der Waals surface area (Å²) in [5.41, 5.74) is -0.230. The van der Waals surface area contributed by atoms with Gasteiger partial charge in [-0.1, -0.05) is 30.7 Å². The van der Waals surface area contributed by atoms with E-state index in [0.29, 0.717) is 26.2 Å². The number of amides is 1. The molecule has 0 bridgehead atoms. The van der Waals surface area contributed by atoms with Crippen LogP contribution >= 0.6 is 11.6 Å². The minimum Gasteiger partial charge on any atom is -0.350 e. The van der Waals surface area contributed by atoms with Crippen LogP contribution in [-0.2, 0) is 14.8 Å². The molecule has 8 heteroatoms. The van der Waals surface area contributed by atoms with Crippen LogP contribution in [0.15, 0.2) is 29.2 Å². The molecule has 1 fully saturated rings. The summed E-state index contributed by atoms with van der Waals surface area (Å²) < 4.78 is 26.8. The van der Waals surface area contributed by atoms with Gasteiger partial charge in [-0.05, 0) is 32.4 Å². The number of rotatable bonds is 6. The second-order valence-electron chi connectivity index (χ2n) is 6.90. The van der Waals surface area contributed by atoms with Crippen molar-refractivity contribution in [1.82, 2.24) is 14.5 Å². The predicted octanol–water partition coefficient (Wildman–Crippen LogP) is 1.95. The molecule has 1 N–H and O–H groups in total. The van der Waals surface area contributed by atoms with Crippen LogP contribution in [0.5, 0.6) is 0 Å². The van der Waals surface area contributed by atoms with E-state index in [4.69, 9.17) is 11.6 Å². The predicted molar refractivity (Wildman–Crippen MR) is 99.2 cm³/mol. The smallest absolute Gasteiger partial charge is 0.244 e. The first-order chi connectivity index (χ1) is 11.7.